The zero-order valence-electron chi connectivity index (χ0n) is 12.4. The Labute approximate surface area is 115 Å². The van der Waals surface area contributed by atoms with Crippen LogP contribution in [0, 0.1) is 5.92 Å². The van der Waals surface area contributed by atoms with Crippen LogP contribution in [0.15, 0.2) is 17.6 Å². The summed E-state index contributed by atoms with van der Waals surface area (Å²) in [5.41, 5.74) is -0.423. The molecule has 0 aromatic carbocycles. The number of likely N-dealkylation sites (tertiary alicyclic amines) is 1. The van der Waals surface area contributed by atoms with Crippen molar-refractivity contribution in [3.05, 3.63) is 12.7 Å². The lowest BCUT2D eigenvalue weighted by Gasteiger charge is -2.23. The van der Waals surface area contributed by atoms with Crippen molar-refractivity contribution in [3.8, 4) is 0 Å². The third kappa shape index (κ3) is 4.93. The number of hydrogen-bond acceptors (Lipinski definition) is 3. The third-order valence-corrected chi connectivity index (χ3v) is 2.84. The van der Waals surface area contributed by atoms with E-state index in [1.165, 1.54) is 0 Å². The number of aliphatic imine (C=N–C) groups is 1. The molecule has 0 aromatic rings. The standard InChI is InChI=1S/C14H25N3O2/c1-6-8-16-13(15-5)17-9-7-11(10-17)12(18)19-14(2,3)4/h6,11H,1,7-10H2,2-5H3,(H,15,16). The highest BCUT2D eigenvalue weighted by atomic mass is 16.6. The van der Waals surface area contributed by atoms with Gasteiger partial charge in [0.2, 0.25) is 0 Å². The van der Waals surface area contributed by atoms with Crippen molar-refractivity contribution < 1.29 is 9.53 Å². The summed E-state index contributed by atoms with van der Waals surface area (Å²) in [6.07, 6.45) is 2.59. The Kier molecular flexibility index (Phi) is 5.39. The van der Waals surface area contributed by atoms with E-state index in [0.29, 0.717) is 13.1 Å². The fraction of sp³-hybridized carbons (Fsp3) is 0.714. The molecule has 0 spiro atoms. The van der Waals surface area contributed by atoms with E-state index in [2.05, 4.69) is 21.8 Å². The first kappa shape index (κ1) is 15.5. The summed E-state index contributed by atoms with van der Waals surface area (Å²) < 4.78 is 5.42. The van der Waals surface area contributed by atoms with Gasteiger partial charge >= 0.3 is 5.97 Å². The zero-order chi connectivity index (χ0) is 14.5. The van der Waals surface area contributed by atoms with Crippen LogP contribution in [0.4, 0.5) is 0 Å². The number of guanidine groups is 1. The summed E-state index contributed by atoms with van der Waals surface area (Å²) in [6, 6.07) is 0. The predicted octanol–water partition coefficient (Wildman–Crippen LogP) is 1.41. The van der Waals surface area contributed by atoms with Gasteiger partial charge < -0.3 is 15.0 Å². The largest absolute Gasteiger partial charge is 0.460 e. The minimum Gasteiger partial charge on any atom is -0.460 e. The Bertz CT molecular complexity index is 358. The van der Waals surface area contributed by atoms with E-state index in [-0.39, 0.29) is 11.9 Å². The number of hydrogen-bond donors (Lipinski definition) is 1. The van der Waals surface area contributed by atoms with E-state index in [9.17, 15) is 4.79 Å². The topological polar surface area (TPSA) is 53.9 Å². The quantitative estimate of drug-likeness (QED) is 0.363. The van der Waals surface area contributed by atoms with Crippen LogP contribution in [-0.4, -0.2) is 49.1 Å². The minimum absolute atomic E-state index is 0.0680. The minimum atomic E-state index is -0.423. The molecule has 0 bridgehead atoms. The molecule has 1 saturated heterocycles. The predicted molar refractivity (Wildman–Crippen MR) is 77.1 cm³/mol. The Morgan fingerprint density at radius 3 is 2.79 bits per heavy atom. The molecule has 108 valence electrons. The third-order valence-electron chi connectivity index (χ3n) is 2.84. The molecule has 0 saturated carbocycles. The first-order valence-corrected chi connectivity index (χ1v) is 6.66. The molecule has 1 N–H and O–H groups in total. The number of rotatable bonds is 3. The Balaban J connectivity index is 2.53. The highest BCUT2D eigenvalue weighted by Gasteiger charge is 2.32. The second-order valence-corrected chi connectivity index (χ2v) is 5.68. The van der Waals surface area contributed by atoms with Crippen LogP contribution in [0.25, 0.3) is 0 Å². The molecule has 5 heteroatoms. The van der Waals surface area contributed by atoms with Gasteiger partial charge in [0.15, 0.2) is 5.96 Å². The van der Waals surface area contributed by atoms with Gasteiger partial charge in [0.25, 0.3) is 0 Å². The van der Waals surface area contributed by atoms with E-state index in [4.69, 9.17) is 4.74 Å². The van der Waals surface area contributed by atoms with Crippen molar-refractivity contribution in [1.29, 1.82) is 0 Å². The molecule has 0 amide bonds. The summed E-state index contributed by atoms with van der Waals surface area (Å²) in [6.45, 7) is 11.5. The van der Waals surface area contributed by atoms with Crippen LogP contribution in [0.1, 0.15) is 27.2 Å². The number of carbonyl (C=O) groups is 1. The normalized spacial score (nSPS) is 20.3. The van der Waals surface area contributed by atoms with Gasteiger partial charge in [-0.3, -0.25) is 9.79 Å². The summed E-state index contributed by atoms with van der Waals surface area (Å²) in [5, 5.41) is 3.17. The fourth-order valence-corrected chi connectivity index (χ4v) is 2.03. The van der Waals surface area contributed by atoms with Gasteiger partial charge in [-0.15, -0.1) is 6.58 Å². The van der Waals surface area contributed by atoms with Crippen molar-refractivity contribution in [1.82, 2.24) is 10.2 Å². The fourth-order valence-electron chi connectivity index (χ4n) is 2.03. The smallest absolute Gasteiger partial charge is 0.311 e. The highest BCUT2D eigenvalue weighted by Crippen LogP contribution is 2.20. The van der Waals surface area contributed by atoms with Crippen molar-refractivity contribution >= 4 is 11.9 Å². The van der Waals surface area contributed by atoms with Crippen LogP contribution in [-0.2, 0) is 9.53 Å². The lowest BCUT2D eigenvalue weighted by atomic mass is 10.1. The van der Waals surface area contributed by atoms with Crippen LogP contribution in [0.3, 0.4) is 0 Å². The van der Waals surface area contributed by atoms with Gasteiger partial charge in [-0.05, 0) is 27.2 Å². The van der Waals surface area contributed by atoms with E-state index in [1.807, 2.05) is 20.8 Å². The second kappa shape index (κ2) is 6.59. The molecule has 0 aliphatic carbocycles. The molecule has 1 fully saturated rings. The molecular formula is C14H25N3O2. The van der Waals surface area contributed by atoms with E-state index in [0.717, 1.165) is 18.9 Å². The van der Waals surface area contributed by atoms with Crippen LogP contribution >= 0.6 is 0 Å². The molecule has 1 aliphatic rings. The zero-order valence-corrected chi connectivity index (χ0v) is 12.4. The second-order valence-electron chi connectivity index (χ2n) is 5.68. The van der Waals surface area contributed by atoms with Crippen molar-refractivity contribution in [2.24, 2.45) is 10.9 Å². The lowest BCUT2D eigenvalue weighted by Crippen LogP contribution is -2.40. The van der Waals surface area contributed by atoms with Crippen LogP contribution in [0.5, 0.6) is 0 Å². The maximum absolute atomic E-state index is 12.0. The maximum atomic E-state index is 12.0. The van der Waals surface area contributed by atoms with Crippen LogP contribution in [0.2, 0.25) is 0 Å². The molecule has 5 nitrogen and oxygen atoms in total. The molecule has 1 aliphatic heterocycles. The SMILES string of the molecule is C=CCNC(=NC)N1CCC(C(=O)OC(C)(C)C)C1. The average Bonchev–Trinajstić information content (AvgIpc) is 2.77. The maximum Gasteiger partial charge on any atom is 0.311 e. The van der Waals surface area contributed by atoms with E-state index < -0.39 is 5.60 Å². The molecule has 0 radical (unpaired) electrons. The van der Waals surface area contributed by atoms with Gasteiger partial charge in [0, 0.05) is 26.7 Å². The number of ether oxygens (including phenoxy) is 1. The first-order chi connectivity index (χ1) is 8.87. The summed E-state index contributed by atoms with van der Waals surface area (Å²) in [4.78, 5) is 18.3. The number of esters is 1. The van der Waals surface area contributed by atoms with Gasteiger partial charge in [-0.25, -0.2) is 0 Å². The van der Waals surface area contributed by atoms with Gasteiger partial charge in [-0.1, -0.05) is 6.08 Å². The molecule has 1 atom stereocenters. The molecule has 19 heavy (non-hydrogen) atoms. The van der Waals surface area contributed by atoms with E-state index >= 15 is 0 Å². The summed E-state index contributed by atoms with van der Waals surface area (Å²) >= 11 is 0. The summed E-state index contributed by atoms with van der Waals surface area (Å²) in [5.74, 6) is 0.627. The van der Waals surface area contributed by atoms with Crippen molar-refractivity contribution in [3.63, 3.8) is 0 Å². The monoisotopic (exact) mass is 267 g/mol. The number of nitrogens with zero attached hydrogens (tertiary/aromatic N) is 2. The Hall–Kier alpha value is -1.52. The van der Waals surface area contributed by atoms with E-state index in [1.54, 1.807) is 13.1 Å². The molecule has 0 aromatic heterocycles. The lowest BCUT2D eigenvalue weighted by molar-refractivity contribution is -0.159. The van der Waals surface area contributed by atoms with Gasteiger partial charge in [0.05, 0.1) is 5.92 Å². The molecule has 1 heterocycles. The van der Waals surface area contributed by atoms with Crippen molar-refractivity contribution in [2.75, 3.05) is 26.7 Å². The molecule has 1 rings (SSSR count). The highest BCUT2D eigenvalue weighted by molar-refractivity contribution is 5.82. The van der Waals surface area contributed by atoms with Gasteiger partial charge in [-0.2, -0.15) is 0 Å². The van der Waals surface area contributed by atoms with Crippen molar-refractivity contribution in [2.45, 2.75) is 32.8 Å². The van der Waals surface area contributed by atoms with Crippen LogP contribution < -0.4 is 5.32 Å². The Morgan fingerprint density at radius 2 is 2.26 bits per heavy atom. The first-order valence-electron chi connectivity index (χ1n) is 6.66. The number of nitrogens with one attached hydrogen (secondary N) is 1. The number of carbonyl (C=O) groups excluding carboxylic acids is 1. The molecular weight excluding hydrogens is 242 g/mol. The average molecular weight is 267 g/mol. The Morgan fingerprint density at radius 1 is 1.58 bits per heavy atom. The van der Waals surface area contributed by atoms with Gasteiger partial charge in [0.1, 0.15) is 5.60 Å². The molecule has 1 unspecified atom stereocenters. The summed E-state index contributed by atoms with van der Waals surface area (Å²) in [7, 11) is 1.74.